The first-order chi connectivity index (χ1) is 12.0. The van der Waals surface area contributed by atoms with Crippen molar-refractivity contribution in [1.82, 2.24) is 9.78 Å². The molecule has 25 heavy (non-hydrogen) atoms. The molecule has 1 aliphatic carbocycles. The summed E-state index contributed by atoms with van der Waals surface area (Å²) in [6.07, 6.45) is 1.32. The van der Waals surface area contributed by atoms with Crippen molar-refractivity contribution in [3.8, 4) is 5.69 Å². The fourth-order valence-corrected chi connectivity index (χ4v) is 3.74. The summed E-state index contributed by atoms with van der Waals surface area (Å²) < 4.78 is 4.66. The Hall–Kier alpha value is -2.40. The lowest BCUT2D eigenvalue weighted by Gasteiger charge is -2.09. The summed E-state index contributed by atoms with van der Waals surface area (Å²) in [6.45, 7) is 4.36. The van der Waals surface area contributed by atoms with E-state index in [0.717, 1.165) is 34.7 Å². The van der Waals surface area contributed by atoms with Gasteiger partial charge in [-0.1, -0.05) is 25.1 Å². The molecule has 128 valence electrons. The maximum atomic E-state index is 5.44. The van der Waals surface area contributed by atoms with E-state index in [9.17, 15) is 0 Å². The second-order valence-electron chi connectivity index (χ2n) is 6.98. The van der Waals surface area contributed by atoms with Crippen LogP contribution in [0.15, 0.2) is 48.5 Å². The van der Waals surface area contributed by atoms with Crippen LogP contribution in [-0.2, 0) is 7.05 Å². The molecule has 0 radical (unpaired) electrons. The van der Waals surface area contributed by atoms with Gasteiger partial charge >= 0.3 is 4.77 Å². The van der Waals surface area contributed by atoms with Crippen LogP contribution < -0.4 is 9.88 Å². The van der Waals surface area contributed by atoms with Gasteiger partial charge in [0.05, 0.1) is 7.05 Å². The Labute approximate surface area is 153 Å². The fraction of sp³-hybridized carbons (Fsp3) is 0.300. The summed E-state index contributed by atoms with van der Waals surface area (Å²) in [6, 6.07) is 17.1. The Morgan fingerprint density at radius 1 is 1.16 bits per heavy atom. The molecule has 1 heterocycles. The fourth-order valence-electron chi connectivity index (χ4n) is 3.37. The first kappa shape index (κ1) is 16.1. The van der Waals surface area contributed by atoms with Crippen molar-refractivity contribution in [3.05, 3.63) is 64.7 Å². The Balaban J connectivity index is 1.58. The van der Waals surface area contributed by atoms with Gasteiger partial charge in [0.15, 0.2) is 0 Å². The van der Waals surface area contributed by atoms with Crippen LogP contribution in [0.25, 0.3) is 5.69 Å². The van der Waals surface area contributed by atoms with E-state index in [0.29, 0.717) is 4.77 Å². The molecule has 1 fully saturated rings. The third-order valence-electron chi connectivity index (χ3n) is 5.12. The maximum absolute atomic E-state index is 5.44. The molecule has 1 saturated carbocycles. The molecule has 1 aliphatic rings. The highest BCUT2D eigenvalue weighted by Crippen LogP contribution is 2.46. The highest BCUT2D eigenvalue weighted by Gasteiger charge is 2.33. The molecule has 2 N–H and O–H groups in total. The van der Waals surface area contributed by atoms with Crippen molar-refractivity contribution < 1.29 is 4.57 Å². The van der Waals surface area contributed by atoms with Gasteiger partial charge in [-0.2, -0.15) is 9.25 Å². The largest absolute Gasteiger partial charge is 0.355 e. The zero-order valence-corrected chi connectivity index (χ0v) is 15.6. The van der Waals surface area contributed by atoms with Crippen molar-refractivity contribution in [2.45, 2.75) is 26.2 Å². The van der Waals surface area contributed by atoms with E-state index in [-0.39, 0.29) is 0 Å². The van der Waals surface area contributed by atoms with Crippen LogP contribution in [0.5, 0.6) is 0 Å². The van der Waals surface area contributed by atoms with Crippen LogP contribution in [0.4, 0.5) is 11.4 Å². The van der Waals surface area contributed by atoms with E-state index in [2.05, 4.69) is 59.8 Å². The van der Waals surface area contributed by atoms with Gasteiger partial charge < -0.3 is 5.32 Å². The van der Waals surface area contributed by atoms with Gasteiger partial charge in [0.1, 0.15) is 5.69 Å². The second-order valence-corrected chi connectivity index (χ2v) is 7.36. The summed E-state index contributed by atoms with van der Waals surface area (Å²) in [7, 11) is 1.96. The van der Waals surface area contributed by atoms with E-state index in [1.807, 2.05) is 29.3 Å². The maximum Gasteiger partial charge on any atom is 0.328 e. The van der Waals surface area contributed by atoms with Crippen LogP contribution in [0.3, 0.4) is 0 Å². The molecule has 2 unspecified atom stereocenters. The average Bonchev–Trinajstić information content (AvgIpc) is 3.26. The summed E-state index contributed by atoms with van der Waals surface area (Å²) in [5, 5.41) is 6.64. The van der Waals surface area contributed by atoms with E-state index < -0.39 is 0 Å². The summed E-state index contributed by atoms with van der Waals surface area (Å²) in [5.74, 6) is 2.66. The Morgan fingerprint density at radius 3 is 2.48 bits per heavy atom. The zero-order chi connectivity index (χ0) is 17.6. The quantitative estimate of drug-likeness (QED) is 0.535. The van der Waals surface area contributed by atoms with Gasteiger partial charge in [0, 0.05) is 24.4 Å². The normalized spacial score (nSPS) is 19.0. The van der Waals surface area contributed by atoms with Crippen LogP contribution in [0, 0.1) is 17.6 Å². The van der Waals surface area contributed by atoms with Gasteiger partial charge in [-0.15, -0.1) is 5.10 Å². The number of nitrogens with zero attached hydrogens (tertiary/aromatic N) is 2. The van der Waals surface area contributed by atoms with E-state index in [1.54, 1.807) is 0 Å². The predicted octanol–water partition coefficient (Wildman–Crippen LogP) is 4.53. The van der Waals surface area contributed by atoms with Gasteiger partial charge in [0.25, 0.3) is 0 Å². The van der Waals surface area contributed by atoms with Crippen molar-refractivity contribution >= 4 is 23.6 Å². The topological polar surface area (TPSA) is 36.6 Å². The third-order valence-corrected chi connectivity index (χ3v) is 5.39. The minimum Gasteiger partial charge on any atom is -0.355 e. The number of aryl methyl sites for hydroxylation is 1. The number of aromatic amines is 1. The first-order valence-electron chi connectivity index (χ1n) is 8.68. The molecule has 1 aromatic heterocycles. The van der Waals surface area contributed by atoms with Gasteiger partial charge in [-0.05, 0) is 60.3 Å². The number of anilines is 2. The number of H-pyrrole nitrogens is 1. The van der Waals surface area contributed by atoms with E-state index in [4.69, 9.17) is 12.2 Å². The molecule has 4 nitrogen and oxygen atoms in total. The molecule has 2 atom stereocenters. The molecule has 0 spiro atoms. The lowest BCUT2D eigenvalue weighted by atomic mass is 10.1. The number of hydrogen-bond acceptors (Lipinski definition) is 2. The lowest BCUT2D eigenvalue weighted by Crippen LogP contribution is -2.34. The van der Waals surface area contributed by atoms with Crippen LogP contribution in [0.2, 0.25) is 0 Å². The number of rotatable bonds is 4. The monoisotopic (exact) mass is 351 g/mol. The Bertz CT molecular complexity index is 968. The molecular weight excluding hydrogens is 328 g/mol. The minimum atomic E-state index is 0.694. The number of nitrogens with one attached hydrogen (secondary N) is 2. The summed E-state index contributed by atoms with van der Waals surface area (Å²) in [5.41, 5.74) is 4.66. The molecule has 3 aromatic rings. The molecule has 5 heteroatoms. The third kappa shape index (κ3) is 3.12. The highest BCUT2D eigenvalue weighted by molar-refractivity contribution is 7.71. The Kier molecular flexibility index (Phi) is 3.96. The zero-order valence-electron chi connectivity index (χ0n) is 14.8. The molecule has 0 aliphatic heterocycles. The number of benzene rings is 2. The summed E-state index contributed by atoms with van der Waals surface area (Å²) >= 11 is 5.44. The molecule has 4 rings (SSSR count). The van der Waals surface area contributed by atoms with Crippen molar-refractivity contribution in [2.75, 3.05) is 5.32 Å². The van der Waals surface area contributed by atoms with Gasteiger partial charge in [0.2, 0.25) is 5.82 Å². The van der Waals surface area contributed by atoms with Crippen molar-refractivity contribution in [1.29, 1.82) is 0 Å². The molecule has 0 bridgehead atoms. The minimum absolute atomic E-state index is 0.694. The first-order valence-corrected chi connectivity index (χ1v) is 9.09. The van der Waals surface area contributed by atoms with Crippen molar-refractivity contribution in [3.63, 3.8) is 0 Å². The highest BCUT2D eigenvalue weighted by atomic mass is 32.1. The summed E-state index contributed by atoms with van der Waals surface area (Å²) in [4.78, 5) is 0. The smallest absolute Gasteiger partial charge is 0.328 e. The SMILES string of the molecule is Cc1n(C)[nH]c(=S)[n+]1-c1cccc(Nc2ccc(C3CC3C)cc2)c1. The second kappa shape index (κ2) is 6.15. The van der Waals surface area contributed by atoms with Crippen LogP contribution >= 0.6 is 12.2 Å². The van der Waals surface area contributed by atoms with E-state index in [1.165, 1.54) is 12.0 Å². The average molecular weight is 351 g/mol. The Morgan fingerprint density at radius 2 is 1.88 bits per heavy atom. The number of aromatic nitrogens is 3. The molecule has 2 aromatic carbocycles. The van der Waals surface area contributed by atoms with Crippen molar-refractivity contribution in [2.24, 2.45) is 13.0 Å². The van der Waals surface area contributed by atoms with Crippen LogP contribution in [-0.4, -0.2) is 9.78 Å². The molecule has 0 saturated heterocycles. The number of hydrogen-bond donors (Lipinski definition) is 2. The van der Waals surface area contributed by atoms with E-state index >= 15 is 0 Å². The van der Waals surface area contributed by atoms with Gasteiger partial charge in [-0.3, -0.25) is 0 Å². The molecular formula is C20H23N4S+. The predicted molar refractivity (Wildman–Crippen MR) is 103 cm³/mol. The standard InChI is InChI=1S/C20H22N4S/c1-13-11-19(13)15-7-9-16(10-8-15)21-17-5-4-6-18(12-17)24-14(2)23(3)22-20(24)25/h4-10,12-13,19,21H,11H2,1-3H3/p+1. The molecule has 0 amide bonds. The lowest BCUT2D eigenvalue weighted by molar-refractivity contribution is -0.610. The van der Waals surface area contributed by atoms with Gasteiger partial charge in [-0.25, -0.2) is 0 Å². The van der Waals surface area contributed by atoms with Crippen LogP contribution in [0.1, 0.15) is 30.7 Å².